The summed E-state index contributed by atoms with van der Waals surface area (Å²) in [4.78, 5) is 13.0. The number of benzene rings is 1. The molecule has 0 bridgehead atoms. The van der Waals surface area contributed by atoms with Crippen molar-refractivity contribution in [2.45, 2.75) is 26.7 Å². The minimum atomic E-state index is -0.464. The van der Waals surface area contributed by atoms with E-state index >= 15 is 0 Å². The van der Waals surface area contributed by atoms with Gasteiger partial charge in [-0.2, -0.15) is 5.10 Å². The Labute approximate surface area is 160 Å². The van der Waals surface area contributed by atoms with Crippen LogP contribution in [0.4, 0.5) is 5.69 Å². The fourth-order valence-corrected chi connectivity index (χ4v) is 3.49. The molecule has 1 fully saturated rings. The number of aromatic nitrogens is 2. The maximum Gasteiger partial charge on any atom is 0.233 e. The van der Waals surface area contributed by atoms with Gasteiger partial charge >= 0.3 is 0 Å². The van der Waals surface area contributed by atoms with Gasteiger partial charge in [0.05, 0.1) is 23.4 Å². The summed E-state index contributed by atoms with van der Waals surface area (Å²) in [6, 6.07) is 9.83. The smallest absolute Gasteiger partial charge is 0.233 e. The number of hydrogen-bond acceptors (Lipinski definition) is 4. The number of nitrogens with zero attached hydrogens (tertiary/aromatic N) is 2. The molecule has 1 amide bonds. The molecule has 0 saturated carbocycles. The number of amides is 1. The third kappa shape index (κ3) is 4.26. The summed E-state index contributed by atoms with van der Waals surface area (Å²) in [5.41, 5.74) is 3.29. The van der Waals surface area contributed by atoms with Crippen LogP contribution >= 0.6 is 12.4 Å². The minimum absolute atomic E-state index is 0. The molecule has 0 aliphatic carbocycles. The van der Waals surface area contributed by atoms with Crippen LogP contribution in [0.2, 0.25) is 0 Å². The van der Waals surface area contributed by atoms with E-state index in [1.165, 1.54) is 0 Å². The molecule has 6 nitrogen and oxygen atoms in total. The minimum Gasteiger partial charge on any atom is -0.384 e. The third-order valence-electron chi connectivity index (χ3n) is 4.82. The number of hydrogen-bond donors (Lipinski definition) is 2. The van der Waals surface area contributed by atoms with Crippen LogP contribution in [0.15, 0.2) is 30.3 Å². The van der Waals surface area contributed by atoms with Gasteiger partial charge in [0.1, 0.15) is 0 Å². The lowest BCUT2D eigenvalue weighted by molar-refractivity contribution is -0.130. The van der Waals surface area contributed by atoms with Crippen LogP contribution in [0, 0.1) is 19.3 Å². The van der Waals surface area contributed by atoms with E-state index in [1.807, 2.05) is 48.9 Å². The molecule has 2 aromatic rings. The van der Waals surface area contributed by atoms with Crippen molar-refractivity contribution in [1.82, 2.24) is 15.1 Å². The predicted molar refractivity (Wildman–Crippen MR) is 105 cm³/mol. The van der Waals surface area contributed by atoms with E-state index in [4.69, 9.17) is 4.74 Å². The van der Waals surface area contributed by atoms with Crippen LogP contribution in [-0.4, -0.2) is 42.5 Å². The van der Waals surface area contributed by atoms with Crippen molar-refractivity contribution in [1.29, 1.82) is 0 Å². The highest BCUT2D eigenvalue weighted by Gasteiger charge is 2.39. The molecule has 2 heterocycles. The normalized spacial score (nSPS) is 16.0. The first-order valence-electron chi connectivity index (χ1n) is 8.69. The van der Waals surface area contributed by atoms with E-state index in [0.717, 1.165) is 48.7 Å². The Balaban J connectivity index is 0.00000243. The zero-order valence-corrected chi connectivity index (χ0v) is 16.4. The Bertz CT molecular complexity index is 748. The number of anilines is 1. The second-order valence-corrected chi connectivity index (χ2v) is 6.81. The highest BCUT2D eigenvalue weighted by molar-refractivity contribution is 5.95. The summed E-state index contributed by atoms with van der Waals surface area (Å²) in [6.07, 6.45) is 1.56. The number of halogens is 1. The van der Waals surface area contributed by atoms with Crippen LogP contribution in [-0.2, 0) is 9.53 Å². The molecule has 0 spiro atoms. The van der Waals surface area contributed by atoms with Crippen LogP contribution in [0.1, 0.15) is 24.2 Å². The summed E-state index contributed by atoms with van der Waals surface area (Å²) < 4.78 is 7.24. The summed E-state index contributed by atoms with van der Waals surface area (Å²) in [5, 5.41) is 10.9. The van der Waals surface area contributed by atoms with Crippen molar-refractivity contribution >= 4 is 24.0 Å². The average molecular weight is 379 g/mol. The zero-order valence-electron chi connectivity index (χ0n) is 15.5. The van der Waals surface area contributed by atoms with E-state index in [9.17, 15) is 4.79 Å². The summed E-state index contributed by atoms with van der Waals surface area (Å²) in [7, 11) is 1.65. The van der Waals surface area contributed by atoms with Gasteiger partial charge in [0.2, 0.25) is 5.91 Å². The van der Waals surface area contributed by atoms with E-state index in [-0.39, 0.29) is 18.3 Å². The summed E-state index contributed by atoms with van der Waals surface area (Å²) in [5.74, 6) is 0.0290. The van der Waals surface area contributed by atoms with Gasteiger partial charge in [-0.25, -0.2) is 4.68 Å². The van der Waals surface area contributed by atoms with Crippen molar-refractivity contribution in [3.8, 4) is 5.69 Å². The summed E-state index contributed by atoms with van der Waals surface area (Å²) in [6.45, 7) is 6.11. The highest BCUT2D eigenvalue weighted by atomic mass is 35.5. The Kier molecular flexibility index (Phi) is 6.81. The van der Waals surface area contributed by atoms with E-state index in [1.54, 1.807) is 7.11 Å². The Morgan fingerprint density at radius 3 is 2.65 bits per heavy atom. The number of aryl methyl sites for hydroxylation is 2. The molecule has 1 aromatic carbocycles. The van der Waals surface area contributed by atoms with E-state index < -0.39 is 5.41 Å². The van der Waals surface area contributed by atoms with Crippen molar-refractivity contribution in [3.05, 3.63) is 41.7 Å². The maximum absolute atomic E-state index is 13.0. The molecule has 2 N–H and O–H groups in total. The second kappa shape index (κ2) is 8.66. The lowest BCUT2D eigenvalue weighted by atomic mass is 9.78. The molecule has 3 rings (SSSR count). The van der Waals surface area contributed by atoms with Crippen molar-refractivity contribution in [3.63, 3.8) is 0 Å². The lowest BCUT2D eigenvalue weighted by Crippen LogP contribution is -2.47. The molecular weight excluding hydrogens is 352 g/mol. The molecule has 7 heteroatoms. The molecule has 0 unspecified atom stereocenters. The molecule has 142 valence electrons. The van der Waals surface area contributed by atoms with Crippen molar-refractivity contribution < 1.29 is 9.53 Å². The van der Waals surface area contributed by atoms with Crippen molar-refractivity contribution in [2.24, 2.45) is 5.41 Å². The second-order valence-electron chi connectivity index (χ2n) is 6.81. The molecular formula is C19H27ClN4O2. The van der Waals surface area contributed by atoms with Gasteiger partial charge in [-0.1, -0.05) is 6.07 Å². The van der Waals surface area contributed by atoms with Crippen LogP contribution in [0.3, 0.4) is 0 Å². The maximum atomic E-state index is 13.0. The first-order valence-corrected chi connectivity index (χ1v) is 8.69. The number of nitrogens with one attached hydrogen (secondary N) is 2. The predicted octanol–water partition coefficient (Wildman–Crippen LogP) is 2.87. The quantitative estimate of drug-likeness (QED) is 0.839. The Morgan fingerprint density at radius 1 is 1.31 bits per heavy atom. The van der Waals surface area contributed by atoms with Crippen LogP contribution in [0.25, 0.3) is 5.69 Å². The third-order valence-corrected chi connectivity index (χ3v) is 4.82. The fraction of sp³-hybridized carbons (Fsp3) is 0.474. The van der Waals surface area contributed by atoms with Gasteiger partial charge < -0.3 is 15.4 Å². The molecule has 26 heavy (non-hydrogen) atoms. The first-order chi connectivity index (χ1) is 12.0. The van der Waals surface area contributed by atoms with E-state index in [0.29, 0.717) is 6.61 Å². The van der Waals surface area contributed by atoms with Crippen molar-refractivity contribution in [2.75, 3.05) is 32.1 Å². The van der Waals surface area contributed by atoms with Gasteiger partial charge in [-0.3, -0.25) is 4.79 Å². The monoisotopic (exact) mass is 378 g/mol. The number of carbonyl (C=O) groups is 1. The average Bonchev–Trinajstić information content (AvgIpc) is 2.94. The Morgan fingerprint density at radius 2 is 2.04 bits per heavy atom. The van der Waals surface area contributed by atoms with Crippen LogP contribution in [0.5, 0.6) is 0 Å². The first kappa shape index (κ1) is 20.4. The molecule has 1 aliphatic heterocycles. The lowest BCUT2D eigenvalue weighted by Gasteiger charge is -2.35. The molecule has 1 aromatic heterocycles. The molecule has 1 saturated heterocycles. The SMILES string of the molecule is COCC1(C(=O)Nc2cccc(-n3nc(C)cc3C)c2)CCNCC1.Cl. The van der Waals surface area contributed by atoms with Crippen LogP contribution < -0.4 is 10.6 Å². The fourth-order valence-electron chi connectivity index (χ4n) is 3.49. The number of carbonyl (C=O) groups excluding carboxylic acids is 1. The number of piperidine rings is 1. The standard InChI is InChI=1S/C19H26N4O2.ClH/c1-14-11-15(2)23(22-14)17-6-4-5-16(12-17)21-18(24)19(13-25-3)7-9-20-10-8-19;/h4-6,11-12,20H,7-10,13H2,1-3H3,(H,21,24);1H. The van der Waals surface area contributed by atoms with Gasteiger partial charge in [0.25, 0.3) is 0 Å². The van der Waals surface area contributed by atoms with E-state index in [2.05, 4.69) is 15.7 Å². The summed E-state index contributed by atoms with van der Waals surface area (Å²) >= 11 is 0. The van der Waals surface area contributed by atoms with Gasteiger partial charge in [-0.15, -0.1) is 12.4 Å². The molecule has 0 radical (unpaired) electrons. The topological polar surface area (TPSA) is 68.2 Å². The number of ether oxygens (including phenoxy) is 1. The number of methoxy groups -OCH3 is 1. The number of rotatable bonds is 5. The molecule has 0 atom stereocenters. The molecule has 1 aliphatic rings. The van der Waals surface area contributed by atoms with Gasteiger partial charge in [0, 0.05) is 18.5 Å². The Hall–Kier alpha value is -1.89. The van der Waals surface area contributed by atoms with Gasteiger partial charge in [-0.05, 0) is 64.0 Å². The zero-order chi connectivity index (χ0) is 17.9. The van der Waals surface area contributed by atoms with Gasteiger partial charge in [0.15, 0.2) is 0 Å². The highest BCUT2D eigenvalue weighted by Crippen LogP contribution is 2.31. The largest absolute Gasteiger partial charge is 0.384 e.